The average Bonchev–Trinajstić information content (AvgIpc) is 2.46. The normalized spacial score (nSPS) is 13.1. The van der Waals surface area contributed by atoms with Gasteiger partial charge in [-0.1, -0.05) is 17.7 Å². The predicted molar refractivity (Wildman–Crippen MR) is 74.0 cm³/mol. The molecular formula is C14H13ClN2O2. The number of anilines is 1. The highest BCUT2D eigenvalue weighted by Gasteiger charge is 2.14. The standard InChI is InChI=1S/C14H13ClN2O2/c15-11-7-13-14(19-6-5-18-13)8-12(11)17-9-10-3-1-2-4-16-10/h1-4,7-8,17H,5-6,9H2. The summed E-state index contributed by atoms with van der Waals surface area (Å²) in [4.78, 5) is 4.25. The lowest BCUT2D eigenvalue weighted by atomic mass is 10.2. The van der Waals surface area contributed by atoms with E-state index in [2.05, 4.69) is 10.3 Å². The number of rotatable bonds is 3. The molecule has 19 heavy (non-hydrogen) atoms. The van der Waals surface area contributed by atoms with Gasteiger partial charge in [0, 0.05) is 18.3 Å². The Hall–Kier alpha value is -1.94. The predicted octanol–water partition coefficient (Wildman–Crippen LogP) is 3.12. The lowest BCUT2D eigenvalue weighted by molar-refractivity contribution is 0.171. The van der Waals surface area contributed by atoms with E-state index in [0.717, 1.165) is 17.1 Å². The third-order valence-corrected chi connectivity index (χ3v) is 3.13. The van der Waals surface area contributed by atoms with Gasteiger partial charge in [0.15, 0.2) is 11.5 Å². The molecule has 3 rings (SSSR count). The van der Waals surface area contributed by atoms with Crippen molar-refractivity contribution >= 4 is 17.3 Å². The van der Waals surface area contributed by atoms with Gasteiger partial charge in [0.05, 0.1) is 22.9 Å². The minimum atomic E-state index is 0.560. The maximum Gasteiger partial charge on any atom is 0.163 e. The highest BCUT2D eigenvalue weighted by molar-refractivity contribution is 6.33. The Kier molecular flexibility index (Phi) is 3.42. The van der Waals surface area contributed by atoms with Crippen LogP contribution in [0.3, 0.4) is 0 Å². The van der Waals surface area contributed by atoms with Crippen molar-refractivity contribution in [2.45, 2.75) is 6.54 Å². The van der Waals surface area contributed by atoms with E-state index < -0.39 is 0 Å². The third-order valence-electron chi connectivity index (χ3n) is 2.82. The second-order valence-corrected chi connectivity index (χ2v) is 4.56. The molecule has 5 heteroatoms. The minimum absolute atomic E-state index is 0.560. The van der Waals surface area contributed by atoms with E-state index in [4.69, 9.17) is 21.1 Å². The van der Waals surface area contributed by atoms with Crippen molar-refractivity contribution in [3.05, 3.63) is 47.2 Å². The van der Waals surface area contributed by atoms with Crippen molar-refractivity contribution in [1.82, 2.24) is 4.98 Å². The van der Waals surface area contributed by atoms with Gasteiger partial charge in [-0.15, -0.1) is 0 Å². The zero-order valence-electron chi connectivity index (χ0n) is 10.2. The van der Waals surface area contributed by atoms with Crippen molar-refractivity contribution in [3.63, 3.8) is 0 Å². The fourth-order valence-corrected chi connectivity index (χ4v) is 2.11. The molecule has 1 aliphatic rings. The van der Waals surface area contributed by atoms with Gasteiger partial charge in [0.2, 0.25) is 0 Å². The SMILES string of the molecule is Clc1cc2c(cc1NCc1ccccn1)OCCO2. The molecule has 0 atom stereocenters. The monoisotopic (exact) mass is 276 g/mol. The number of ether oxygens (including phenoxy) is 2. The van der Waals surface area contributed by atoms with Crippen LogP contribution in [0.25, 0.3) is 0 Å². The number of nitrogens with zero attached hydrogens (tertiary/aromatic N) is 1. The first kappa shape index (κ1) is 12.1. The number of pyridine rings is 1. The van der Waals surface area contributed by atoms with Gasteiger partial charge in [0.25, 0.3) is 0 Å². The van der Waals surface area contributed by atoms with Gasteiger partial charge in [-0.2, -0.15) is 0 Å². The third kappa shape index (κ3) is 2.74. The summed E-state index contributed by atoms with van der Waals surface area (Å²) >= 11 is 6.21. The molecule has 1 N–H and O–H groups in total. The molecule has 98 valence electrons. The number of halogens is 1. The molecule has 0 spiro atoms. The highest BCUT2D eigenvalue weighted by Crippen LogP contribution is 2.37. The van der Waals surface area contributed by atoms with Crippen LogP contribution in [0.1, 0.15) is 5.69 Å². The molecule has 0 fully saturated rings. The van der Waals surface area contributed by atoms with Gasteiger partial charge >= 0.3 is 0 Å². The largest absolute Gasteiger partial charge is 0.486 e. The van der Waals surface area contributed by atoms with Crippen LogP contribution in [0.2, 0.25) is 5.02 Å². The number of benzene rings is 1. The molecule has 0 aliphatic carbocycles. The van der Waals surface area contributed by atoms with Gasteiger partial charge in [-0.25, -0.2) is 0 Å². The number of aromatic nitrogens is 1. The van der Waals surface area contributed by atoms with Gasteiger partial charge in [-0.05, 0) is 12.1 Å². The molecule has 2 aromatic rings. The van der Waals surface area contributed by atoms with Crippen molar-refractivity contribution in [1.29, 1.82) is 0 Å². The Morgan fingerprint density at radius 1 is 1.16 bits per heavy atom. The first-order chi connectivity index (χ1) is 9.33. The molecule has 1 aliphatic heterocycles. The lowest BCUT2D eigenvalue weighted by Crippen LogP contribution is -2.15. The van der Waals surface area contributed by atoms with Gasteiger partial charge in [-0.3, -0.25) is 4.98 Å². The summed E-state index contributed by atoms with van der Waals surface area (Å²) in [6, 6.07) is 9.44. The fourth-order valence-electron chi connectivity index (χ4n) is 1.89. The van der Waals surface area contributed by atoms with E-state index in [1.807, 2.05) is 24.3 Å². The zero-order valence-corrected chi connectivity index (χ0v) is 11.0. The van der Waals surface area contributed by atoms with Crippen LogP contribution in [0.4, 0.5) is 5.69 Å². The lowest BCUT2D eigenvalue weighted by Gasteiger charge is -2.20. The first-order valence-corrected chi connectivity index (χ1v) is 6.43. The van der Waals surface area contributed by atoms with Crippen LogP contribution in [-0.2, 0) is 6.54 Å². The topological polar surface area (TPSA) is 43.4 Å². The summed E-state index contributed by atoms with van der Waals surface area (Å²) in [5, 5.41) is 3.86. The van der Waals surface area contributed by atoms with Crippen LogP contribution < -0.4 is 14.8 Å². The van der Waals surface area contributed by atoms with Crippen LogP contribution in [0.5, 0.6) is 11.5 Å². The maximum absolute atomic E-state index is 6.21. The van der Waals surface area contributed by atoms with E-state index in [-0.39, 0.29) is 0 Å². The molecule has 0 saturated carbocycles. The van der Waals surface area contributed by atoms with E-state index in [9.17, 15) is 0 Å². The summed E-state index contributed by atoms with van der Waals surface area (Å²) in [7, 11) is 0. The molecule has 0 unspecified atom stereocenters. The van der Waals surface area contributed by atoms with E-state index in [0.29, 0.717) is 30.5 Å². The average molecular weight is 277 g/mol. The van der Waals surface area contributed by atoms with Crippen molar-refractivity contribution in [3.8, 4) is 11.5 Å². The molecule has 0 saturated heterocycles. The van der Waals surface area contributed by atoms with Crippen molar-refractivity contribution in [2.24, 2.45) is 0 Å². The first-order valence-electron chi connectivity index (χ1n) is 6.06. The number of nitrogens with one attached hydrogen (secondary N) is 1. The molecule has 0 amide bonds. The summed E-state index contributed by atoms with van der Waals surface area (Å²) in [6.07, 6.45) is 1.77. The Labute approximate surface area is 116 Å². The van der Waals surface area contributed by atoms with Gasteiger partial charge in [0.1, 0.15) is 13.2 Å². The second-order valence-electron chi connectivity index (χ2n) is 4.15. The summed E-state index contributed by atoms with van der Waals surface area (Å²) in [5.41, 5.74) is 1.77. The molecule has 4 nitrogen and oxygen atoms in total. The minimum Gasteiger partial charge on any atom is -0.486 e. The van der Waals surface area contributed by atoms with Crippen LogP contribution in [0.15, 0.2) is 36.5 Å². The molecular weight excluding hydrogens is 264 g/mol. The Bertz CT molecular complexity index is 575. The highest BCUT2D eigenvalue weighted by atomic mass is 35.5. The smallest absolute Gasteiger partial charge is 0.163 e. The summed E-state index contributed by atoms with van der Waals surface area (Å²) in [5.74, 6) is 1.42. The quantitative estimate of drug-likeness (QED) is 0.935. The van der Waals surface area contributed by atoms with Crippen LogP contribution >= 0.6 is 11.6 Å². The Morgan fingerprint density at radius 3 is 2.68 bits per heavy atom. The molecule has 0 bridgehead atoms. The summed E-state index contributed by atoms with van der Waals surface area (Å²) in [6.45, 7) is 1.73. The van der Waals surface area contributed by atoms with Crippen molar-refractivity contribution in [2.75, 3.05) is 18.5 Å². The number of hydrogen-bond acceptors (Lipinski definition) is 4. The molecule has 0 radical (unpaired) electrons. The van der Waals surface area contributed by atoms with Crippen LogP contribution in [0, 0.1) is 0 Å². The number of hydrogen-bond donors (Lipinski definition) is 1. The van der Waals surface area contributed by atoms with Crippen LogP contribution in [-0.4, -0.2) is 18.2 Å². The second kappa shape index (κ2) is 5.36. The van der Waals surface area contributed by atoms with E-state index in [1.54, 1.807) is 12.3 Å². The molecule has 2 heterocycles. The van der Waals surface area contributed by atoms with Gasteiger partial charge < -0.3 is 14.8 Å². The summed E-state index contributed by atoms with van der Waals surface area (Å²) < 4.78 is 11.0. The Morgan fingerprint density at radius 2 is 1.95 bits per heavy atom. The van der Waals surface area contributed by atoms with Crippen molar-refractivity contribution < 1.29 is 9.47 Å². The van der Waals surface area contributed by atoms with E-state index >= 15 is 0 Å². The fraction of sp³-hybridized carbons (Fsp3) is 0.214. The molecule has 1 aromatic heterocycles. The van der Waals surface area contributed by atoms with E-state index in [1.165, 1.54) is 0 Å². The maximum atomic E-state index is 6.21. The zero-order chi connectivity index (χ0) is 13.1. The number of fused-ring (bicyclic) bond motifs is 1. The Balaban J connectivity index is 1.77. The molecule has 1 aromatic carbocycles.